The van der Waals surface area contributed by atoms with Crippen LogP contribution in [0.3, 0.4) is 0 Å². The van der Waals surface area contributed by atoms with Gasteiger partial charge in [0.1, 0.15) is 0 Å². The summed E-state index contributed by atoms with van der Waals surface area (Å²) in [7, 11) is -3.55. The van der Waals surface area contributed by atoms with Gasteiger partial charge in [0.25, 0.3) is 0 Å². The molecule has 5 rings (SSSR count). The molecule has 4 fully saturated rings. The lowest BCUT2D eigenvalue weighted by Gasteiger charge is -2.56. The highest BCUT2D eigenvalue weighted by atomic mass is 32.2. The third-order valence-electron chi connectivity index (χ3n) is 7.19. The number of aryl methyl sites for hydroxylation is 1. The molecular formula is C23H30O5S. The molecule has 158 valence electrons. The zero-order valence-corrected chi connectivity index (χ0v) is 18.0. The normalized spacial score (nSPS) is 31.4. The molecule has 29 heavy (non-hydrogen) atoms. The van der Waals surface area contributed by atoms with Crippen molar-refractivity contribution in [2.75, 3.05) is 5.75 Å². The van der Waals surface area contributed by atoms with Gasteiger partial charge in [-0.3, -0.25) is 9.59 Å². The van der Waals surface area contributed by atoms with E-state index in [1.54, 1.807) is 31.2 Å². The first-order valence-electron chi connectivity index (χ1n) is 10.7. The second-order valence-electron chi connectivity index (χ2n) is 9.58. The van der Waals surface area contributed by atoms with Crippen molar-refractivity contribution < 1.29 is 22.7 Å². The summed E-state index contributed by atoms with van der Waals surface area (Å²) in [6.45, 7) is 3.53. The van der Waals surface area contributed by atoms with Crippen LogP contribution in [0, 0.1) is 30.1 Å². The van der Waals surface area contributed by atoms with E-state index in [4.69, 9.17) is 4.74 Å². The number of benzene rings is 1. The molecule has 0 spiro atoms. The molecule has 0 amide bonds. The largest absolute Gasteiger partial charge is 0.455 e. The lowest BCUT2D eigenvalue weighted by molar-refractivity contribution is -0.164. The van der Waals surface area contributed by atoms with Gasteiger partial charge in [-0.15, -0.1) is 0 Å². The van der Waals surface area contributed by atoms with E-state index in [-0.39, 0.29) is 28.3 Å². The minimum Gasteiger partial charge on any atom is -0.455 e. The summed E-state index contributed by atoms with van der Waals surface area (Å²) in [5.41, 5.74) is 0.656. The quantitative estimate of drug-likeness (QED) is 0.628. The Labute approximate surface area is 173 Å². The lowest BCUT2D eigenvalue weighted by atomic mass is 9.48. The van der Waals surface area contributed by atoms with Crippen LogP contribution in [0.4, 0.5) is 0 Å². The van der Waals surface area contributed by atoms with Gasteiger partial charge in [0.15, 0.2) is 21.7 Å². The Hall–Kier alpha value is -1.69. The molecule has 4 aliphatic carbocycles. The molecule has 0 radical (unpaired) electrons. The third-order valence-corrected chi connectivity index (χ3v) is 8.93. The van der Waals surface area contributed by atoms with Crippen molar-refractivity contribution in [3.8, 4) is 0 Å². The van der Waals surface area contributed by atoms with Crippen molar-refractivity contribution in [1.82, 2.24) is 0 Å². The van der Waals surface area contributed by atoms with Crippen LogP contribution >= 0.6 is 0 Å². The van der Waals surface area contributed by atoms with Gasteiger partial charge in [-0.1, -0.05) is 17.7 Å². The van der Waals surface area contributed by atoms with Gasteiger partial charge in [-0.05, 0) is 82.3 Å². The van der Waals surface area contributed by atoms with Gasteiger partial charge in [0, 0.05) is 5.41 Å². The van der Waals surface area contributed by atoms with Crippen LogP contribution < -0.4 is 0 Å². The van der Waals surface area contributed by atoms with Gasteiger partial charge < -0.3 is 4.74 Å². The van der Waals surface area contributed by atoms with E-state index in [0.29, 0.717) is 17.8 Å². The Morgan fingerprint density at radius 3 is 2.07 bits per heavy atom. The molecular weight excluding hydrogens is 388 g/mol. The average molecular weight is 419 g/mol. The molecule has 0 aromatic heterocycles. The molecule has 6 heteroatoms. The first-order chi connectivity index (χ1) is 13.7. The van der Waals surface area contributed by atoms with E-state index in [2.05, 4.69) is 0 Å². The summed E-state index contributed by atoms with van der Waals surface area (Å²) in [5.74, 6) is 1.05. The van der Waals surface area contributed by atoms with Crippen LogP contribution in [-0.2, 0) is 24.2 Å². The summed E-state index contributed by atoms with van der Waals surface area (Å²) in [6, 6.07) is 6.57. The molecule has 5 nitrogen and oxygen atoms in total. The highest BCUT2D eigenvalue weighted by Crippen LogP contribution is 2.60. The number of ketones is 1. The number of Topliss-reactive ketones (excluding diaryl/α,β-unsaturated/α-hetero) is 1. The van der Waals surface area contributed by atoms with E-state index >= 15 is 0 Å². The van der Waals surface area contributed by atoms with Crippen LogP contribution in [0.25, 0.3) is 0 Å². The summed E-state index contributed by atoms with van der Waals surface area (Å²) in [5, 5.41) is 0. The number of sulfone groups is 1. The minimum atomic E-state index is -3.55. The Morgan fingerprint density at radius 1 is 1.03 bits per heavy atom. The predicted molar refractivity (Wildman–Crippen MR) is 109 cm³/mol. The zero-order valence-electron chi connectivity index (χ0n) is 17.2. The number of carbonyl (C=O) groups excluding carboxylic acids is 2. The Morgan fingerprint density at radius 2 is 1.55 bits per heavy atom. The average Bonchev–Trinajstić information content (AvgIpc) is 2.65. The van der Waals surface area contributed by atoms with Crippen LogP contribution in [0.15, 0.2) is 29.2 Å². The fourth-order valence-electron chi connectivity index (χ4n) is 6.23. The second-order valence-corrected chi connectivity index (χ2v) is 11.7. The first kappa shape index (κ1) is 20.6. The van der Waals surface area contributed by atoms with E-state index in [1.165, 1.54) is 19.3 Å². The fraction of sp³-hybridized carbons (Fsp3) is 0.652. The molecule has 0 N–H and O–H groups in total. The van der Waals surface area contributed by atoms with E-state index in [1.807, 2.05) is 6.92 Å². The van der Waals surface area contributed by atoms with Crippen molar-refractivity contribution in [2.24, 2.45) is 23.2 Å². The Kier molecular flexibility index (Phi) is 5.34. The Balaban J connectivity index is 1.34. The van der Waals surface area contributed by atoms with E-state index < -0.39 is 21.9 Å². The van der Waals surface area contributed by atoms with E-state index in [0.717, 1.165) is 24.8 Å². The molecule has 1 aromatic carbocycles. The number of hydrogen-bond acceptors (Lipinski definition) is 5. The predicted octanol–water partition coefficient (Wildman–Crippen LogP) is 3.88. The van der Waals surface area contributed by atoms with Gasteiger partial charge in [-0.2, -0.15) is 0 Å². The maximum absolute atomic E-state index is 13.2. The zero-order chi connectivity index (χ0) is 20.8. The monoisotopic (exact) mass is 418 g/mol. The highest BCUT2D eigenvalue weighted by molar-refractivity contribution is 7.91. The summed E-state index contributed by atoms with van der Waals surface area (Å²) >= 11 is 0. The second kappa shape index (κ2) is 7.53. The number of esters is 1. The lowest BCUT2D eigenvalue weighted by Crippen LogP contribution is -2.52. The number of carbonyl (C=O) groups is 2. The van der Waals surface area contributed by atoms with Crippen LogP contribution in [0.5, 0.6) is 0 Å². The van der Waals surface area contributed by atoms with Gasteiger partial charge in [0.05, 0.1) is 17.1 Å². The number of hydrogen-bond donors (Lipinski definition) is 0. The number of ether oxygens (including phenoxy) is 1. The van der Waals surface area contributed by atoms with Gasteiger partial charge in [0.2, 0.25) is 0 Å². The van der Waals surface area contributed by atoms with Crippen molar-refractivity contribution in [2.45, 2.75) is 69.8 Å². The third kappa shape index (κ3) is 4.14. The SMILES string of the molecule is Cc1ccc(S(=O)(=O)CCC(=O)O[C@@H](C)C(=O)C23CC4CC(CC(C4)C2)C3)cc1. The van der Waals surface area contributed by atoms with E-state index in [9.17, 15) is 18.0 Å². The molecule has 1 atom stereocenters. The topological polar surface area (TPSA) is 77.5 Å². The van der Waals surface area contributed by atoms with Crippen molar-refractivity contribution in [1.29, 1.82) is 0 Å². The van der Waals surface area contributed by atoms with Gasteiger partial charge in [-0.25, -0.2) is 8.42 Å². The first-order valence-corrected chi connectivity index (χ1v) is 12.4. The van der Waals surface area contributed by atoms with Crippen LogP contribution in [0.2, 0.25) is 0 Å². The van der Waals surface area contributed by atoms with Crippen molar-refractivity contribution in [3.63, 3.8) is 0 Å². The summed E-state index contributed by atoms with van der Waals surface area (Å²) in [4.78, 5) is 25.7. The molecule has 4 bridgehead atoms. The molecule has 0 unspecified atom stereocenters. The maximum atomic E-state index is 13.2. The highest BCUT2D eigenvalue weighted by Gasteiger charge is 2.55. The number of rotatable bonds is 7. The molecule has 0 aliphatic heterocycles. The standard InChI is InChI=1S/C23H30O5S/c1-15-3-5-20(6-4-15)29(26,27)8-7-21(24)28-16(2)22(25)23-12-17-9-18(13-23)11-19(10-17)14-23/h3-6,16-19H,7-14H2,1-2H3/t16-,17?,18?,19?,23?/m0/s1. The van der Waals surface area contributed by atoms with Crippen LogP contribution in [-0.4, -0.2) is 32.0 Å². The maximum Gasteiger partial charge on any atom is 0.307 e. The fourth-order valence-corrected chi connectivity index (χ4v) is 7.46. The summed E-state index contributed by atoms with van der Waals surface area (Å²) in [6.07, 6.45) is 5.49. The van der Waals surface area contributed by atoms with Crippen LogP contribution in [0.1, 0.15) is 57.4 Å². The van der Waals surface area contributed by atoms with Crippen molar-refractivity contribution >= 4 is 21.6 Å². The molecule has 4 saturated carbocycles. The molecule has 0 saturated heterocycles. The smallest absolute Gasteiger partial charge is 0.307 e. The summed E-state index contributed by atoms with van der Waals surface area (Å²) < 4.78 is 30.2. The minimum absolute atomic E-state index is 0.0475. The Bertz CT molecular complexity index is 864. The molecule has 0 heterocycles. The van der Waals surface area contributed by atoms with Gasteiger partial charge >= 0.3 is 5.97 Å². The molecule has 4 aliphatic rings. The van der Waals surface area contributed by atoms with Crippen molar-refractivity contribution in [3.05, 3.63) is 29.8 Å². The molecule has 1 aromatic rings.